The second-order valence-corrected chi connectivity index (χ2v) is 19.0. The van der Waals surface area contributed by atoms with Gasteiger partial charge in [-0.05, 0) is 70.1 Å². The molecule has 7 aromatic rings. The van der Waals surface area contributed by atoms with Crippen LogP contribution >= 0.6 is 30.4 Å². The molecular weight excluding hydrogens is 871 g/mol. The summed E-state index contributed by atoms with van der Waals surface area (Å²) in [4.78, 5) is 117. The Balaban J connectivity index is 0.00000455. The predicted molar refractivity (Wildman–Crippen MR) is 201 cm³/mol. The molecule has 57 heavy (non-hydrogen) atoms. The van der Waals surface area contributed by atoms with Crippen LogP contribution in [0, 0.1) is 0 Å². The summed E-state index contributed by atoms with van der Waals surface area (Å²) in [7, 11) is -19.2. The molecule has 3 aromatic heterocycles. The van der Waals surface area contributed by atoms with Gasteiger partial charge in [0.05, 0.1) is 44.5 Å². The van der Waals surface area contributed by atoms with Gasteiger partial charge in [0.25, 0.3) is 0 Å². The van der Waals surface area contributed by atoms with Crippen LogP contribution in [-0.2, 0) is 35.0 Å². The maximum Gasteiger partial charge on any atom is 2.00 e. The van der Waals surface area contributed by atoms with Crippen molar-refractivity contribution >= 4 is 95.7 Å². The number of rotatable bonds is 4. The molecule has 4 aromatic carbocycles. The van der Waals surface area contributed by atoms with Crippen LogP contribution in [0.3, 0.4) is 0 Å². The molecule has 20 nitrogen and oxygen atoms in total. The third kappa shape index (κ3) is 6.83. The molecule has 0 saturated carbocycles. The predicted octanol–water partition coefficient (Wildman–Crippen LogP) is 1.34. The minimum absolute atomic E-state index is 0. The molecule has 0 spiro atoms. The van der Waals surface area contributed by atoms with Crippen LogP contribution in [0.2, 0.25) is 0 Å². The first-order valence-electron chi connectivity index (χ1n) is 15.8. The average Bonchev–Trinajstić information content (AvgIpc) is 3.84. The van der Waals surface area contributed by atoms with Gasteiger partial charge in [-0.25, -0.2) is 9.97 Å². The van der Waals surface area contributed by atoms with Crippen LogP contribution in [0.25, 0.3) is 89.7 Å². The fourth-order valence-corrected chi connectivity index (χ4v) is 8.60. The zero-order valence-corrected chi connectivity index (χ0v) is 32.5. The number of fused-ring (bicyclic) bond motifs is 20. The van der Waals surface area contributed by atoms with E-state index in [4.69, 9.17) is 0 Å². The normalized spacial score (nSPS) is 13.1. The molecule has 2 aliphatic rings. The molecule has 8 bridgehead atoms. The van der Waals surface area contributed by atoms with E-state index < -0.39 is 30.4 Å². The minimum atomic E-state index is -4.80. The third-order valence-electron chi connectivity index (χ3n) is 8.98. The van der Waals surface area contributed by atoms with Crippen molar-refractivity contribution in [1.29, 1.82) is 0 Å². The maximum absolute atomic E-state index is 12.3. The molecule has 2 aliphatic heterocycles. The van der Waals surface area contributed by atoms with Gasteiger partial charge in [0.2, 0.25) is 0 Å². The van der Waals surface area contributed by atoms with Crippen molar-refractivity contribution in [2.75, 3.05) is 0 Å². The van der Waals surface area contributed by atoms with Crippen molar-refractivity contribution in [2.24, 2.45) is 0 Å². The molecule has 9 rings (SSSR count). The van der Waals surface area contributed by atoms with Gasteiger partial charge in [0.15, 0.2) is 0 Å². The van der Waals surface area contributed by atoms with E-state index in [0.717, 1.165) is 0 Å². The maximum atomic E-state index is 12.3. The van der Waals surface area contributed by atoms with Crippen LogP contribution in [0.5, 0.6) is 0 Å². The van der Waals surface area contributed by atoms with Crippen LogP contribution in [0.4, 0.5) is 0 Å². The Morgan fingerprint density at radius 1 is 0.351 bits per heavy atom. The molecule has 0 amide bonds. The molecule has 5 heterocycles. The number of aromatic nitrogens is 8. The summed E-state index contributed by atoms with van der Waals surface area (Å²) in [6, 6.07) is 14.8. The summed E-state index contributed by atoms with van der Waals surface area (Å²) in [6.45, 7) is 0. The summed E-state index contributed by atoms with van der Waals surface area (Å²) in [5.74, 6) is -0.421. The van der Waals surface area contributed by atoms with E-state index >= 15 is 0 Å². The fourth-order valence-electron chi connectivity index (χ4n) is 6.34. The number of hydrogen-bond donors (Lipinski definition) is 8. The molecule has 0 unspecified atom stereocenters. The first-order chi connectivity index (χ1) is 26.2. The quantitative estimate of drug-likeness (QED) is 0.116. The molecule has 0 saturated heterocycles. The Hall–Kier alpha value is -4.65. The van der Waals surface area contributed by atoms with Gasteiger partial charge in [0.1, 0.15) is 0 Å². The molecular formula is C32H20CoN8O12P4. The van der Waals surface area contributed by atoms with Gasteiger partial charge in [-0.3, -0.25) is 18.3 Å². The van der Waals surface area contributed by atoms with Crippen LogP contribution < -0.4 is 31.2 Å². The number of nitrogens with zero attached hydrogens (tertiary/aromatic N) is 8. The van der Waals surface area contributed by atoms with Gasteiger partial charge in [-0.2, -0.15) is 0 Å². The Bertz CT molecular complexity index is 3080. The molecule has 0 fully saturated rings. The van der Waals surface area contributed by atoms with Gasteiger partial charge >= 0.3 is 47.2 Å². The second kappa shape index (κ2) is 13.2. The standard InChI is InChI=1S/C32H20N8O12P4.Co/c41-53(42,43)13-1-5-17-21(9-13)29-33-25(17)37-30-22-10-14(54(44,45)46)2-6-18(22)27(34-30)39-32-24-12-16(56(50,51)52)4-8-20(24)28(36-32)40-31-23-11-15(55(47,48)49)3-7-19(23)26(35-31)38-29;/h1-12H,(H8-2,33,34,35,36,37,38,39,40,41,42,43,44,45,46,47,48,49,50,51,52);/q-2;+2. The SMILES string of the molecule is O=P(O)(O)c1ccc2c(c1)-c1nc-2nc2[n-]c(nc3nc(nc4[n-]c(n1)c1ccc(P(=O)(O)O)cc41)-c1ccc(P(=O)(O)O)cc1-3)c1ccc(P(=O)(O)O)cc21.[Co+2]. The Morgan fingerprint density at radius 3 is 0.965 bits per heavy atom. The molecule has 0 atom stereocenters. The topological polar surface area (TPSA) is 336 Å². The second-order valence-electron chi connectivity index (χ2n) is 12.6. The first-order valence-corrected chi connectivity index (χ1v) is 22.2. The number of benzene rings is 4. The average molecular weight is 891 g/mol. The number of hydrogen-bond acceptors (Lipinski definition) is 10. The summed E-state index contributed by atoms with van der Waals surface area (Å²) in [5, 5.41) is -0.799. The summed E-state index contributed by atoms with van der Waals surface area (Å²) < 4.78 is 49.3. The Kier molecular flexibility index (Phi) is 9.07. The largest absolute Gasteiger partial charge is 2.00 e. The van der Waals surface area contributed by atoms with E-state index in [1.54, 1.807) is 0 Å². The van der Waals surface area contributed by atoms with Crippen molar-refractivity contribution in [3.05, 3.63) is 72.8 Å². The Morgan fingerprint density at radius 2 is 0.632 bits per heavy atom. The van der Waals surface area contributed by atoms with E-state index in [0.29, 0.717) is 0 Å². The molecule has 25 heteroatoms. The van der Waals surface area contributed by atoms with Crippen molar-refractivity contribution in [2.45, 2.75) is 0 Å². The fraction of sp³-hybridized carbons (Fsp3) is 0. The van der Waals surface area contributed by atoms with Gasteiger partial charge in [-0.1, -0.05) is 24.3 Å². The molecule has 289 valence electrons. The van der Waals surface area contributed by atoms with E-state index in [-0.39, 0.29) is 128 Å². The van der Waals surface area contributed by atoms with Crippen molar-refractivity contribution in [1.82, 2.24) is 39.9 Å². The first kappa shape index (κ1) is 39.2. The van der Waals surface area contributed by atoms with Crippen LogP contribution in [-0.4, -0.2) is 69.1 Å². The summed E-state index contributed by atoms with van der Waals surface area (Å²) in [6.07, 6.45) is 0. The zero-order chi connectivity index (χ0) is 39.7. The van der Waals surface area contributed by atoms with Gasteiger partial charge in [-0.15, -0.1) is 0 Å². The van der Waals surface area contributed by atoms with E-state index in [2.05, 4.69) is 39.9 Å². The Labute approximate surface area is 327 Å². The molecule has 1 radical (unpaired) electrons. The molecule has 0 aliphatic carbocycles. The minimum Gasteiger partial charge on any atom is -0.357 e. The molecule has 8 N–H and O–H groups in total. The van der Waals surface area contributed by atoms with E-state index in [9.17, 15) is 57.4 Å². The van der Waals surface area contributed by atoms with Gasteiger partial charge in [0, 0.05) is 44.8 Å². The van der Waals surface area contributed by atoms with Crippen LogP contribution in [0.1, 0.15) is 0 Å². The third-order valence-corrected chi connectivity index (χ3v) is 12.8. The van der Waals surface area contributed by atoms with Gasteiger partial charge < -0.3 is 69.1 Å². The van der Waals surface area contributed by atoms with Crippen molar-refractivity contribution in [3.63, 3.8) is 0 Å². The van der Waals surface area contributed by atoms with Crippen LogP contribution in [0.15, 0.2) is 72.8 Å². The monoisotopic (exact) mass is 891 g/mol. The van der Waals surface area contributed by atoms with E-state index in [1.165, 1.54) is 72.8 Å². The smallest absolute Gasteiger partial charge is 0.357 e. The summed E-state index contributed by atoms with van der Waals surface area (Å²) >= 11 is 0. The summed E-state index contributed by atoms with van der Waals surface area (Å²) in [5.41, 5.74) is 0.263. The van der Waals surface area contributed by atoms with Crippen molar-refractivity contribution in [3.8, 4) is 45.6 Å². The van der Waals surface area contributed by atoms with Crippen molar-refractivity contribution < 1.29 is 74.2 Å². The van der Waals surface area contributed by atoms with E-state index in [1.807, 2.05) is 0 Å². The zero-order valence-electron chi connectivity index (χ0n) is 27.8.